The highest BCUT2D eigenvalue weighted by molar-refractivity contribution is 5.41. The van der Waals surface area contributed by atoms with E-state index in [0.717, 1.165) is 37.2 Å². The summed E-state index contributed by atoms with van der Waals surface area (Å²) in [7, 11) is 1.73. The van der Waals surface area contributed by atoms with Crippen LogP contribution in [0.4, 0.5) is 0 Å². The Bertz CT molecular complexity index is 504. The van der Waals surface area contributed by atoms with E-state index in [4.69, 9.17) is 9.15 Å². The quantitative estimate of drug-likeness (QED) is 0.695. The fourth-order valence-corrected chi connectivity index (χ4v) is 2.68. The van der Waals surface area contributed by atoms with E-state index in [1.54, 1.807) is 13.4 Å². The average Bonchev–Trinajstić information content (AvgIpc) is 2.91. The van der Waals surface area contributed by atoms with Gasteiger partial charge in [0.05, 0.1) is 19.3 Å². The second-order valence-electron chi connectivity index (χ2n) is 5.20. The van der Waals surface area contributed by atoms with Gasteiger partial charge >= 0.3 is 0 Å². The van der Waals surface area contributed by atoms with Gasteiger partial charge in [0, 0.05) is 0 Å². The maximum atomic E-state index is 5.63. The molecule has 1 aromatic heterocycles. The van der Waals surface area contributed by atoms with Crippen molar-refractivity contribution in [1.82, 2.24) is 0 Å². The number of methoxy groups -OCH3 is 1. The number of ether oxygens (including phenoxy) is 1. The summed E-state index contributed by atoms with van der Waals surface area (Å²) in [5.74, 6) is 2.10. The molecule has 0 saturated heterocycles. The lowest BCUT2D eigenvalue weighted by Gasteiger charge is -2.14. The molecule has 0 amide bonds. The summed E-state index contributed by atoms with van der Waals surface area (Å²) < 4.78 is 11.1. The highest BCUT2D eigenvalue weighted by Gasteiger charge is 2.20. The van der Waals surface area contributed by atoms with Crippen LogP contribution in [0.1, 0.15) is 51.2 Å². The van der Waals surface area contributed by atoms with Crippen molar-refractivity contribution < 1.29 is 9.15 Å². The number of hydrogen-bond acceptors (Lipinski definition) is 2. The molecule has 1 aliphatic carbocycles. The first-order chi connectivity index (χ1) is 9.78. The second-order valence-corrected chi connectivity index (χ2v) is 5.20. The van der Waals surface area contributed by atoms with Crippen LogP contribution in [0.5, 0.6) is 0 Å². The van der Waals surface area contributed by atoms with Crippen molar-refractivity contribution in [2.24, 2.45) is 0 Å². The second kappa shape index (κ2) is 7.18. The molecule has 0 bridgehead atoms. The van der Waals surface area contributed by atoms with Crippen LogP contribution in [-0.4, -0.2) is 7.11 Å². The molecular weight excluding hydrogens is 248 g/mol. The van der Waals surface area contributed by atoms with Crippen molar-refractivity contribution in [1.29, 1.82) is 0 Å². The monoisotopic (exact) mass is 272 g/mol. The summed E-state index contributed by atoms with van der Waals surface area (Å²) in [6, 6.07) is 3.99. The Morgan fingerprint density at radius 2 is 1.95 bits per heavy atom. The normalized spacial score (nSPS) is 18.9. The van der Waals surface area contributed by atoms with Gasteiger partial charge in [-0.25, -0.2) is 0 Å². The molecule has 0 aliphatic heterocycles. The van der Waals surface area contributed by atoms with Gasteiger partial charge in [-0.15, -0.1) is 0 Å². The first-order valence-electron chi connectivity index (χ1n) is 7.48. The van der Waals surface area contributed by atoms with Crippen LogP contribution in [0.25, 0.3) is 0 Å². The highest BCUT2D eigenvalue weighted by Crippen LogP contribution is 2.34. The molecule has 2 nitrogen and oxygen atoms in total. The van der Waals surface area contributed by atoms with Gasteiger partial charge in [-0.05, 0) is 42.7 Å². The standard InChI is InChI=1S/C18H24O2/c1-4-7-14-11-15(8-5-2)17(13-16(12-14)19-3)18-9-6-10-20-18/h6,9-13,17H,4-5,7-8H2,1-3H3. The molecule has 1 aliphatic rings. The Hall–Kier alpha value is -1.70. The van der Waals surface area contributed by atoms with Gasteiger partial charge in [-0.3, -0.25) is 0 Å². The van der Waals surface area contributed by atoms with Crippen LogP contribution in [0.3, 0.4) is 0 Å². The van der Waals surface area contributed by atoms with Crippen molar-refractivity contribution in [3.05, 3.63) is 59.3 Å². The summed E-state index contributed by atoms with van der Waals surface area (Å²) in [5, 5.41) is 0. The van der Waals surface area contributed by atoms with Crippen LogP contribution in [0.2, 0.25) is 0 Å². The molecule has 0 radical (unpaired) electrons. The highest BCUT2D eigenvalue weighted by atomic mass is 16.5. The largest absolute Gasteiger partial charge is 0.497 e. The van der Waals surface area contributed by atoms with Gasteiger partial charge in [-0.2, -0.15) is 0 Å². The minimum Gasteiger partial charge on any atom is -0.497 e. The van der Waals surface area contributed by atoms with Gasteiger partial charge in [0.2, 0.25) is 0 Å². The lowest BCUT2D eigenvalue weighted by atomic mass is 9.91. The van der Waals surface area contributed by atoms with Gasteiger partial charge in [0.15, 0.2) is 0 Å². The molecule has 0 spiro atoms. The summed E-state index contributed by atoms with van der Waals surface area (Å²) in [6.45, 7) is 4.42. The van der Waals surface area contributed by atoms with E-state index in [0.29, 0.717) is 0 Å². The van der Waals surface area contributed by atoms with Crippen molar-refractivity contribution in [3.63, 3.8) is 0 Å². The van der Waals surface area contributed by atoms with Crippen molar-refractivity contribution in [2.75, 3.05) is 7.11 Å². The Morgan fingerprint density at radius 1 is 1.15 bits per heavy atom. The number of allylic oxidation sites excluding steroid dienone is 5. The Morgan fingerprint density at radius 3 is 2.55 bits per heavy atom. The smallest absolute Gasteiger partial charge is 0.116 e. The lowest BCUT2D eigenvalue weighted by Crippen LogP contribution is -2.00. The van der Waals surface area contributed by atoms with E-state index in [1.165, 1.54) is 11.1 Å². The summed E-state index contributed by atoms with van der Waals surface area (Å²) in [6.07, 6.45) is 12.8. The fraction of sp³-hybridized carbons (Fsp3) is 0.444. The summed E-state index contributed by atoms with van der Waals surface area (Å²) in [5.41, 5.74) is 2.76. The topological polar surface area (TPSA) is 22.4 Å². The zero-order valence-corrected chi connectivity index (χ0v) is 12.7. The average molecular weight is 272 g/mol. The number of furan rings is 1. The van der Waals surface area contributed by atoms with Gasteiger partial charge in [0.25, 0.3) is 0 Å². The fourth-order valence-electron chi connectivity index (χ4n) is 2.68. The minimum atomic E-state index is 0.186. The van der Waals surface area contributed by atoms with Crippen LogP contribution in [-0.2, 0) is 4.74 Å². The Kier molecular flexibility index (Phi) is 5.28. The molecular formula is C18H24O2. The lowest BCUT2D eigenvalue weighted by molar-refractivity contribution is 0.303. The van der Waals surface area contributed by atoms with Crippen LogP contribution in [0, 0.1) is 0 Å². The molecule has 1 heterocycles. The van der Waals surface area contributed by atoms with Gasteiger partial charge in [-0.1, -0.05) is 38.3 Å². The van der Waals surface area contributed by atoms with Crippen LogP contribution in [0.15, 0.2) is 57.9 Å². The molecule has 0 fully saturated rings. The van der Waals surface area contributed by atoms with Crippen molar-refractivity contribution in [2.45, 2.75) is 45.4 Å². The Balaban J connectivity index is 2.41. The maximum absolute atomic E-state index is 5.63. The summed E-state index contributed by atoms with van der Waals surface area (Å²) >= 11 is 0. The van der Waals surface area contributed by atoms with Gasteiger partial charge in [0.1, 0.15) is 11.5 Å². The number of hydrogen-bond donors (Lipinski definition) is 0. The molecule has 108 valence electrons. The third-order valence-electron chi connectivity index (χ3n) is 3.59. The molecule has 2 heteroatoms. The Labute approximate surface area is 121 Å². The molecule has 2 rings (SSSR count). The van der Waals surface area contributed by atoms with E-state index in [9.17, 15) is 0 Å². The molecule has 20 heavy (non-hydrogen) atoms. The molecule has 1 unspecified atom stereocenters. The van der Waals surface area contributed by atoms with E-state index in [2.05, 4.69) is 32.1 Å². The predicted molar refractivity (Wildman–Crippen MR) is 82.5 cm³/mol. The van der Waals surface area contributed by atoms with Crippen LogP contribution >= 0.6 is 0 Å². The molecule has 1 aromatic rings. The molecule has 0 aromatic carbocycles. The summed E-state index contributed by atoms with van der Waals surface area (Å²) in [4.78, 5) is 0. The van der Waals surface area contributed by atoms with E-state index < -0.39 is 0 Å². The third kappa shape index (κ3) is 3.44. The van der Waals surface area contributed by atoms with Crippen molar-refractivity contribution in [3.8, 4) is 0 Å². The maximum Gasteiger partial charge on any atom is 0.116 e. The van der Waals surface area contributed by atoms with E-state index in [-0.39, 0.29) is 5.92 Å². The first kappa shape index (κ1) is 14.7. The molecule has 1 atom stereocenters. The van der Waals surface area contributed by atoms with Gasteiger partial charge < -0.3 is 9.15 Å². The zero-order valence-electron chi connectivity index (χ0n) is 12.7. The minimum absolute atomic E-state index is 0.186. The molecule has 0 N–H and O–H groups in total. The van der Waals surface area contributed by atoms with Crippen molar-refractivity contribution >= 4 is 0 Å². The number of rotatable bonds is 6. The third-order valence-corrected chi connectivity index (χ3v) is 3.59. The SMILES string of the molecule is CCCC1=CC(OC)=CC(c2ccco2)C(CCC)=C1. The molecule has 0 saturated carbocycles. The predicted octanol–water partition coefficient (Wildman–Crippen LogP) is 5.36. The van der Waals surface area contributed by atoms with E-state index in [1.807, 2.05) is 12.1 Å². The van der Waals surface area contributed by atoms with E-state index >= 15 is 0 Å². The first-order valence-corrected chi connectivity index (χ1v) is 7.48. The van der Waals surface area contributed by atoms with Crippen LogP contribution < -0.4 is 0 Å². The zero-order chi connectivity index (χ0) is 14.4.